The summed E-state index contributed by atoms with van der Waals surface area (Å²) in [5, 5.41) is 0. The quantitative estimate of drug-likeness (QED) is 0.670. The van der Waals surface area contributed by atoms with Crippen LogP contribution in [0.5, 0.6) is 0 Å². The summed E-state index contributed by atoms with van der Waals surface area (Å²) < 4.78 is 2.92. The highest BCUT2D eigenvalue weighted by Gasteiger charge is 2.22. The second-order valence-electron chi connectivity index (χ2n) is 5.16. The monoisotopic (exact) mass is 284 g/mol. The third kappa shape index (κ3) is 1.94. The number of rotatable bonds is 2. The van der Waals surface area contributed by atoms with Crippen molar-refractivity contribution < 1.29 is 0 Å². The lowest BCUT2D eigenvalue weighted by Crippen LogP contribution is -2.37. The van der Waals surface area contributed by atoms with Gasteiger partial charge in [-0.1, -0.05) is 19.1 Å². The van der Waals surface area contributed by atoms with Crippen molar-refractivity contribution in [1.29, 1.82) is 0 Å². The zero-order valence-corrected chi connectivity index (χ0v) is 12.2. The molecule has 1 unspecified atom stereocenters. The maximum atomic E-state index is 12.3. The van der Waals surface area contributed by atoms with E-state index in [1.165, 1.54) is 7.05 Å². The van der Waals surface area contributed by atoms with Gasteiger partial charge in [-0.2, -0.15) is 4.98 Å². The van der Waals surface area contributed by atoms with Gasteiger partial charge in [0.2, 0.25) is 0 Å². The maximum Gasteiger partial charge on any atom is 0.352 e. The lowest BCUT2D eigenvalue weighted by atomic mass is 10.2. The van der Waals surface area contributed by atoms with Crippen LogP contribution in [0.25, 0.3) is 22.6 Å². The molecule has 0 bridgehead atoms. The summed E-state index contributed by atoms with van der Waals surface area (Å²) in [6.07, 6.45) is 0.860. The van der Waals surface area contributed by atoms with Crippen LogP contribution in [-0.2, 0) is 7.05 Å². The van der Waals surface area contributed by atoms with Crippen molar-refractivity contribution in [3.63, 3.8) is 0 Å². The molecule has 21 heavy (non-hydrogen) atoms. The van der Waals surface area contributed by atoms with Crippen LogP contribution in [-0.4, -0.2) is 19.1 Å². The van der Waals surface area contributed by atoms with Gasteiger partial charge in [-0.05, 0) is 25.5 Å². The average Bonchev–Trinajstić information content (AvgIpc) is 2.50. The van der Waals surface area contributed by atoms with E-state index in [1.54, 1.807) is 0 Å². The number of benzene rings is 1. The molecule has 6 heteroatoms. The fourth-order valence-electron chi connectivity index (χ4n) is 2.45. The maximum absolute atomic E-state index is 12.3. The molecular formula is C15H16N4O2. The fourth-order valence-corrected chi connectivity index (χ4v) is 2.45. The van der Waals surface area contributed by atoms with E-state index in [0.717, 1.165) is 22.0 Å². The van der Waals surface area contributed by atoms with Crippen LogP contribution >= 0.6 is 0 Å². The van der Waals surface area contributed by atoms with E-state index in [-0.39, 0.29) is 11.7 Å². The largest absolute Gasteiger partial charge is 0.352 e. The Morgan fingerprint density at radius 2 is 1.90 bits per heavy atom. The molecule has 0 radical (unpaired) electrons. The average molecular weight is 284 g/mol. The van der Waals surface area contributed by atoms with Crippen LogP contribution in [0.3, 0.4) is 0 Å². The summed E-state index contributed by atoms with van der Waals surface area (Å²) in [6, 6.07) is 7.69. The van der Waals surface area contributed by atoms with Crippen molar-refractivity contribution >= 4 is 11.0 Å². The zero-order valence-electron chi connectivity index (χ0n) is 12.2. The first-order valence-corrected chi connectivity index (χ1v) is 6.92. The predicted octanol–water partition coefficient (Wildman–Crippen LogP) is 1.57. The molecule has 0 saturated carbocycles. The van der Waals surface area contributed by atoms with E-state index < -0.39 is 11.2 Å². The Morgan fingerprint density at radius 3 is 2.62 bits per heavy atom. The van der Waals surface area contributed by atoms with Gasteiger partial charge in [0.25, 0.3) is 5.56 Å². The van der Waals surface area contributed by atoms with E-state index in [2.05, 4.69) is 16.9 Å². The Morgan fingerprint density at radius 1 is 1.19 bits per heavy atom. The lowest BCUT2D eigenvalue weighted by molar-refractivity contribution is 0.538. The van der Waals surface area contributed by atoms with Gasteiger partial charge in [-0.15, -0.1) is 0 Å². The van der Waals surface area contributed by atoms with Crippen molar-refractivity contribution in [2.75, 3.05) is 0 Å². The van der Waals surface area contributed by atoms with Gasteiger partial charge in [0.15, 0.2) is 11.5 Å². The Kier molecular flexibility index (Phi) is 3.08. The standard InChI is InChI=1S/C15H16N4O2/c1-4-9(2)19-11-8-6-5-7-10(11)16-12-13(19)17-15(21)18(3)14(12)20/h5-9H,4H2,1-3H3. The van der Waals surface area contributed by atoms with Gasteiger partial charge >= 0.3 is 5.69 Å². The summed E-state index contributed by atoms with van der Waals surface area (Å²) in [5.74, 6) is 0.358. The molecule has 0 fully saturated rings. The minimum Gasteiger partial charge on any atom is -0.320 e. The minimum absolute atomic E-state index is 0.111. The molecule has 6 nitrogen and oxygen atoms in total. The summed E-state index contributed by atoms with van der Waals surface area (Å²) >= 11 is 0. The van der Waals surface area contributed by atoms with Crippen molar-refractivity contribution in [1.82, 2.24) is 19.1 Å². The number of para-hydroxylation sites is 2. The highest BCUT2D eigenvalue weighted by Crippen LogP contribution is 2.25. The van der Waals surface area contributed by atoms with Crippen molar-refractivity contribution in [2.24, 2.45) is 7.05 Å². The number of hydrogen-bond acceptors (Lipinski definition) is 4. The van der Waals surface area contributed by atoms with Crippen molar-refractivity contribution in [2.45, 2.75) is 26.3 Å². The number of aromatic nitrogens is 4. The molecule has 1 aromatic rings. The summed E-state index contributed by atoms with van der Waals surface area (Å²) in [6.45, 7) is 4.09. The van der Waals surface area contributed by atoms with Crippen LogP contribution in [0.15, 0.2) is 33.9 Å². The third-order valence-electron chi connectivity index (χ3n) is 3.84. The third-order valence-corrected chi connectivity index (χ3v) is 3.84. The molecular weight excluding hydrogens is 268 g/mol. The van der Waals surface area contributed by atoms with Crippen molar-refractivity contribution in [3.05, 3.63) is 45.1 Å². The zero-order chi connectivity index (χ0) is 15.1. The van der Waals surface area contributed by atoms with E-state index >= 15 is 0 Å². The van der Waals surface area contributed by atoms with Gasteiger partial charge in [0, 0.05) is 13.1 Å². The van der Waals surface area contributed by atoms with Crippen molar-refractivity contribution in [3.8, 4) is 11.5 Å². The summed E-state index contributed by atoms with van der Waals surface area (Å²) in [7, 11) is 1.42. The summed E-state index contributed by atoms with van der Waals surface area (Å²) in [4.78, 5) is 32.6. The first-order chi connectivity index (χ1) is 10.0. The number of nitrogens with zero attached hydrogens (tertiary/aromatic N) is 4. The highest BCUT2D eigenvalue weighted by atomic mass is 16.2. The second-order valence-corrected chi connectivity index (χ2v) is 5.16. The fraction of sp³-hybridized carbons (Fsp3) is 0.333. The summed E-state index contributed by atoms with van der Waals surface area (Å²) in [5.41, 5.74) is 0.868. The lowest BCUT2D eigenvalue weighted by Gasteiger charge is -2.21. The first kappa shape index (κ1) is 13.5. The first-order valence-electron chi connectivity index (χ1n) is 6.92. The number of fused-ring (bicyclic) bond motifs is 2. The highest BCUT2D eigenvalue weighted by molar-refractivity contribution is 5.79. The van der Waals surface area contributed by atoms with Crippen LogP contribution in [0.2, 0.25) is 0 Å². The molecule has 2 aliphatic heterocycles. The van der Waals surface area contributed by atoms with E-state index in [4.69, 9.17) is 0 Å². The molecule has 0 saturated heterocycles. The van der Waals surface area contributed by atoms with Crippen LogP contribution in [0.1, 0.15) is 26.3 Å². The molecule has 0 amide bonds. The Labute approximate surface area is 121 Å². The van der Waals surface area contributed by atoms with E-state index in [9.17, 15) is 9.59 Å². The minimum atomic E-state index is -0.554. The van der Waals surface area contributed by atoms with Gasteiger partial charge in [-0.25, -0.2) is 9.78 Å². The Hall–Kier alpha value is -2.50. The smallest absolute Gasteiger partial charge is 0.320 e. The molecule has 0 aromatic heterocycles. The molecule has 0 N–H and O–H groups in total. The topological polar surface area (TPSA) is 69.8 Å². The van der Waals surface area contributed by atoms with Crippen LogP contribution in [0, 0.1) is 0 Å². The molecule has 1 atom stereocenters. The van der Waals surface area contributed by atoms with Crippen LogP contribution in [0.4, 0.5) is 0 Å². The Balaban J connectivity index is 2.59. The molecule has 1 aromatic carbocycles. The molecule has 0 spiro atoms. The van der Waals surface area contributed by atoms with E-state index in [0.29, 0.717) is 5.82 Å². The van der Waals surface area contributed by atoms with Crippen LogP contribution < -0.4 is 11.2 Å². The molecule has 2 heterocycles. The number of hydrogen-bond donors (Lipinski definition) is 0. The van der Waals surface area contributed by atoms with Gasteiger partial charge in [0.05, 0.1) is 11.0 Å². The van der Waals surface area contributed by atoms with E-state index in [1.807, 2.05) is 35.8 Å². The van der Waals surface area contributed by atoms with Gasteiger partial charge < -0.3 is 4.57 Å². The normalized spacial score (nSPS) is 12.9. The molecule has 0 aliphatic carbocycles. The van der Waals surface area contributed by atoms with Gasteiger partial charge in [-0.3, -0.25) is 9.36 Å². The molecule has 2 aliphatic rings. The predicted molar refractivity (Wildman–Crippen MR) is 80.7 cm³/mol. The SMILES string of the molecule is CCC(C)n1c2nc(=O)n(C)c(=O)c-2nc2ccccc21. The molecule has 108 valence electrons. The molecule has 3 rings (SSSR count). The second kappa shape index (κ2) is 4.80. The Bertz CT molecular complexity index is 910. The van der Waals surface area contributed by atoms with Gasteiger partial charge in [0.1, 0.15) is 0 Å².